The molecule has 0 aromatic heterocycles. The molecule has 6 nitrogen and oxygen atoms in total. The van der Waals surface area contributed by atoms with Crippen LogP contribution in [0.5, 0.6) is 5.75 Å². The Morgan fingerprint density at radius 2 is 1.96 bits per heavy atom. The molecule has 0 spiro atoms. The van der Waals surface area contributed by atoms with Crippen LogP contribution in [0.2, 0.25) is 0 Å². The number of sulfonamides is 1. The van der Waals surface area contributed by atoms with Crippen LogP contribution in [0, 0.1) is 12.3 Å². The third-order valence-electron chi connectivity index (χ3n) is 3.72. The molecule has 2 N–H and O–H groups in total. The Morgan fingerprint density at radius 3 is 2.65 bits per heavy atom. The SMILES string of the molecule is C#CCNS(=O)(=O)c1cccc(C(=O)NC(C)c2ccccc2OC)c1. The Labute approximate surface area is 153 Å². The molecule has 1 unspecified atom stereocenters. The van der Waals surface area contributed by atoms with Gasteiger partial charge in [0.1, 0.15) is 5.75 Å². The number of carbonyl (C=O) groups excluding carboxylic acids is 1. The second-order valence-electron chi connectivity index (χ2n) is 5.49. The summed E-state index contributed by atoms with van der Waals surface area (Å²) in [4.78, 5) is 12.5. The lowest BCUT2D eigenvalue weighted by molar-refractivity contribution is 0.0939. The number of benzene rings is 2. The lowest BCUT2D eigenvalue weighted by Gasteiger charge is -2.17. The van der Waals surface area contributed by atoms with Crippen LogP contribution >= 0.6 is 0 Å². The molecule has 0 aliphatic rings. The maximum atomic E-state index is 12.5. The largest absolute Gasteiger partial charge is 0.496 e. The van der Waals surface area contributed by atoms with Gasteiger partial charge in [-0.3, -0.25) is 4.79 Å². The van der Waals surface area contributed by atoms with E-state index in [1.807, 2.05) is 31.2 Å². The van der Waals surface area contributed by atoms with Crippen LogP contribution in [-0.2, 0) is 10.0 Å². The molecule has 0 fully saturated rings. The van der Waals surface area contributed by atoms with Gasteiger partial charge in [-0.2, -0.15) is 4.72 Å². The van der Waals surface area contributed by atoms with E-state index in [1.54, 1.807) is 13.2 Å². The van der Waals surface area contributed by atoms with Gasteiger partial charge in [0.15, 0.2) is 0 Å². The predicted molar refractivity (Wildman–Crippen MR) is 99.3 cm³/mol. The molecule has 0 aliphatic carbocycles. The fourth-order valence-electron chi connectivity index (χ4n) is 2.41. The maximum Gasteiger partial charge on any atom is 0.251 e. The Kier molecular flexibility index (Phi) is 6.39. The summed E-state index contributed by atoms with van der Waals surface area (Å²) >= 11 is 0. The highest BCUT2D eigenvalue weighted by molar-refractivity contribution is 7.89. The van der Waals surface area contributed by atoms with Crippen LogP contribution in [0.15, 0.2) is 53.4 Å². The van der Waals surface area contributed by atoms with E-state index in [4.69, 9.17) is 11.2 Å². The second-order valence-corrected chi connectivity index (χ2v) is 7.26. The highest BCUT2D eigenvalue weighted by atomic mass is 32.2. The predicted octanol–water partition coefficient (Wildman–Crippen LogP) is 2.10. The summed E-state index contributed by atoms with van der Waals surface area (Å²) in [5, 5.41) is 2.84. The van der Waals surface area contributed by atoms with Crippen molar-refractivity contribution in [2.45, 2.75) is 17.9 Å². The number of methoxy groups -OCH3 is 1. The molecular formula is C19H20N2O4S. The number of ether oxygens (including phenoxy) is 1. The van der Waals surface area contributed by atoms with Gasteiger partial charge in [-0.1, -0.05) is 30.2 Å². The van der Waals surface area contributed by atoms with Crippen molar-refractivity contribution in [1.29, 1.82) is 0 Å². The summed E-state index contributed by atoms with van der Waals surface area (Å²) in [7, 11) is -2.20. The van der Waals surface area contributed by atoms with Crippen LogP contribution < -0.4 is 14.8 Å². The average molecular weight is 372 g/mol. The Balaban J connectivity index is 2.20. The van der Waals surface area contributed by atoms with Crippen molar-refractivity contribution in [2.75, 3.05) is 13.7 Å². The van der Waals surface area contributed by atoms with Crippen LogP contribution in [0.25, 0.3) is 0 Å². The van der Waals surface area contributed by atoms with Crippen molar-refractivity contribution in [1.82, 2.24) is 10.0 Å². The Morgan fingerprint density at radius 1 is 1.23 bits per heavy atom. The fraction of sp³-hybridized carbons (Fsp3) is 0.211. The van der Waals surface area contributed by atoms with E-state index in [0.29, 0.717) is 5.75 Å². The molecule has 0 radical (unpaired) electrons. The van der Waals surface area contributed by atoms with Crippen molar-refractivity contribution >= 4 is 15.9 Å². The number of rotatable bonds is 7. The van der Waals surface area contributed by atoms with E-state index in [-0.39, 0.29) is 23.0 Å². The molecule has 0 saturated heterocycles. The number of para-hydroxylation sites is 1. The molecule has 0 saturated carbocycles. The van der Waals surface area contributed by atoms with Gasteiger partial charge in [0.05, 0.1) is 24.6 Å². The number of hydrogen-bond donors (Lipinski definition) is 2. The van der Waals surface area contributed by atoms with E-state index in [1.165, 1.54) is 18.2 Å². The molecule has 136 valence electrons. The molecule has 1 atom stereocenters. The molecule has 26 heavy (non-hydrogen) atoms. The molecule has 2 aromatic carbocycles. The van der Waals surface area contributed by atoms with Gasteiger partial charge < -0.3 is 10.1 Å². The average Bonchev–Trinajstić information content (AvgIpc) is 2.66. The molecule has 2 rings (SSSR count). The highest BCUT2D eigenvalue weighted by Crippen LogP contribution is 2.24. The normalized spacial score (nSPS) is 12.0. The van der Waals surface area contributed by atoms with E-state index in [9.17, 15) is 13.2 Å². The van der Waals surface area contributed by atoms with Crippen LogP contribution in [0.3, 0.4) is 0 Å². The third-order valence-corrected chi connectivity index (χ3v) is 5.12. The summed E-state index contributed by atoms with van der Waals surface area (Å²) in [5.41, 5.74) is 1.05. The standard InChI is InChI=1S/C19H20N2O4S/c1-4-12-20-26(23,24)16-9-7-8-15(13-16)19(22)21-14(2)17-10-5-6-11-18(17)25-3/h1,5-11,13-14,20H,12H2,2-3H3,(H,21,22). The first-order valence-corrected chi connectivity index (χ1v) is 9.34. The van der Waals surface area contributed by atoms with E-state index < -0.39 is 15.9 Å². The zero-order valence-electron chi connectivity index (χ0n) is 14.5. The molecule has 0 bridgehead atoms. The van der Waals surface area contributed by atoms with Gasteiger partial charge in [0.2, 0.25) is 10.0 Å². The second kappa shape index (κ2) is 8.52. The fourth-order valence-corrected chi connectivity index (χ4v) is 3.39. The number of terminal acetylenes is 1. The molecule has 0 aliphatic heterocycles. The van der Waals surface area contributed by atoms with Crippen LogP contribution in [0.4, 0.5) is 0 Å². The summed E-state index contributed by atoms with van der Waals surface area (Å²) < 4.78 is 31.8. The van der Waals surface area contributed by atoms with Crippen molar-refractivity contribution < 1.29 is 17.9 Å². The topological polar surface area (TPSA) is 84.5 Å². The Bertz CT molecular complexity index is 933. The Hall–Kier alpha value is -2.82. The molecule has 7 heteroatoms. The van der Waals surface area contributed by atoms with Gasteiger partial charge in [-0.25, -0.2) is 8.42 Å². The molecular weight excluding hydrogens is 352 g/mol. The monoisotopic (exact) mass is 372 g/mol. The summed E-state index contributed by atoms with van der Waals surface area (Å²) in [6.45, 7) is 1.70. The minimum Gasteiger partial charge on any atom is -0.496 e. The highest BCUT2D eigenvalue weighted by Gasteiger charge is 2.18. The number of amides is 1. The maximum absolute atomic E-state index is 12.5. The smallest absolute Gasteiger partial charge is 0.251 e. The summed E-state index contributed by atoms with van der Waals surface area (Å²) in [6.07, 6.45) is 5.07. The summed E-state index contributed by atoms with van der Waals surface area (Å²) in [6, 6.07) is 12.8. The van der Waals surface area contributed by atoms with E-state index in [2.05, 4.69) is 16.0 Å². The van der Waals surface area contributed by atoms with Gasteiger partial charge >= 0.3 is 0 Å². The quantitative estimate of drug-likeness (QED) is 0.729. The van der Waals surface area contributed by atoms with Gasteiger partial charge in [0, 0.05) is 11.1 Å². The molecule has 1 amide bonds. The van der Waals surface area contributed by atoms with Gasteiger partial charge in [-0.05, 0) is 31.2 Å². The molecule has 2 aromatic rings. The van der Waals surface area contributed by atoms with E-state index >= 15 is 0 Å². The number of carbonyl (C=O) groups is 1. The van der Waals surface area contributed by atoms with Gasteiger partial charge in [0.25, 0.3) is 5.91 Å². The van der Waals surface area contributed by atoms with Crippen molar-refractivity contribution in [3.05, 3.63) is 59.7 Å². The van der Waals surface area contributed by atoms with Crippen LogP contribution in [0.1, 0.15) is 28.9 Å². The number of nitrogens with one attached hydrogen (secondary N) is 2. The zero-order chi connectivity index (χ0) is 19.2. The zero-order valence-corrected chi connectivity index (χ0v) is 15.3. The lowest BCUT2D eigenvalue weighted by atomic mass is 10.1. The first-order valence-electron chi connectivity index (χ1n) is 7.86. The first-order chi connectivity index (χ1) is 12.4. The third kappa shape index (κ3) is 4.63. The molecule has 0 heterocycles. The van der Waals surface area contributed by atoms with E-state index in [0.717, 1.165) is 5.56 Å². The van der Waals surface area contributed by atoms with Gasteiger partial charge in [-0.15, -0.1) is 6.42 Å². The van der Waals surface area contributed by atoms with Crippen molar-refractivity contribution in [3.63, 3.8) is 0 Å². The van der Waals surface area contributed by atoms with Crippen LogP contribution in [-0.4, -0.2) is 28.0 Å². The number of hydrogen-bond acceptors (Lipinski definition) is 4. The lowest BCUT2D eigenvalue weighted by Crippen LogP contribution is -2.28. The van der Waals surface area contributed by atoms with Crippen molar-refractivity contribution in [3.8, 4) is 18.1 Å². The van der Waals surface area contributed by atoms with Crippen molar-refractivity contribution in [2.24, 2.45) is 0 Å². The minimum absolute atomic E-state index is 0.0228. The minimum atomic E-state index is -3.76. The summed E-state index contributed by atoms with van der Waals surface area (Å²) in [5.74, 6) is 2.48. The first kappa shape index (κ1) is 19.5.